The molecule has 2 heteroatoms. The van der Waals surface area contributed by atoms with Crippen molar-refractivity contribution in [3.8, 4) is 5.75 Å². The molecule has 0 fully saturated rings. The number of benzene rings is 1. The maximum atomic E-state index is 10.7. The number of rotatable bonds is 4. The summed E-state index contributed by atoms with van der Waals surface area (Å²) in [5.41, 5.74) is 9.26. The molecule has 0 aromatic heterocycles. The lowest BCUT2D eigenvalue weighted by Crippen LogP contribution is -2.20. The van der Waals surface area contributed by atoms with Crippen LogP contribution in [0.15, 0.2) is 24.8 Å². The third-order valence-electron chi connectivity index (χ3n) is 3.89. The Kier molecular flexibility index (Phi) is 5.27. The number of nitrogens with two attached hydrogens (primary N) is 1. The summed E-state index contributed by atoms with van der Waals surface area (Å²) in [5.74, 6) is 0.354. The molecule has 2 nitrogen and oxygen atoms in total. The summed E-state index contributed by atoms with van der Waals surface area (Å²) in [4.78, 5) is 0. The van der Waals surface area contributed by atoms with Crippen LogP contribution < -0.4 is 5.73 Å². The molecule has 0 aliphatic heterocycles. The standard InChI is InChI=1S/C19H31NO/c1-8-9-10-16(20)14-11-13(18(2,3)4)12-15(17(14)21)19(5,6)7/h8,11-12,16,21H,1,9-10,20H2,2-7H3/t16-/m0/s1. The van der Waals surface area contributed by atoms with Crippen molar-refractivity contribution >= 4 is 0 Å². The third kappa shape index (κ3) is 4.34. The monoisotopic (exact) mass is 289 g/mol. The van der Waals surface area contributed by atoms with E-state index in [9.17, 15) is 5.11 Å². The zero-order chi connectivity index (χ0) is 16.4. The van der Waals surface area contributed by atoms with E-state index in [1.165, 1.54) is 5.56 Å². The molecule has 1 atom stereocenters. The van der Waals surface area contributed by atoms with E-state index >= 15 is 0 Å². The zero-order valence-corrected chi connectivity index (χ0v) is 14.5. The van der Waals surface area contributed by atoms with Crippen molar-refractivity contribution in [2.24, 2.45) is 5.73 Å². The predicted molar refractivity (Wildman–Crippen MR) is 91.9 cm³/mol. The van der Waals surface area contributed by atoms with Crippen molar-refractivity contribution in [3.05, 3.63) is 41.5 Å². The van der Waals surface area contributed by atoms with Gasteiger partial charge in [-0.15, -0.1) is 6.58 Å². The minimum atomic E-state index is -0.161. The molecule has 0 saturated carbocycles. The highest BCUT2D eigenvalue weighted by molar-refractivity contribution is 5.49. The molecule has 0 bridgehead atoms. The molecular formula is C19H31NO. The number of phenols is 1. The van der Waals surface area contributed by atoms with Crippen LogP contribution in [-0.2, 0) is 10.8 Å². The summed E-state index contributed by atoms with van der Waals surface area (Å²) in [6.45, 7) is 16.7. The van der Waals surface area contributed by atoms with Crippen molar-refractivity contribution in [2.75, 3.05) is 0 Å². The molecular weight excluding hydrogens is 258 g/mol. The number of phenolic OH excluding ortho intramolecular Hbond substituents is 1. The minimum Gasteiger partial charge on any atom is -0.507 e. The molecule has 0 radical (unpaired) electrons. The first-order chi connectivity index (χ1) is 9.48. The van der Waals surface area contributed by atoms with Gasteiger partial charge in [-0.1, -0.05) is 53.7 Å². The van der Waals surface area contributed by atoms with Crippen molar-refractivity contribution < 1.29 is 5.11 Å². The molecule has 21 heavy (non-hydrogen) atoms. The third-order valence-corrected chi connectivity index (χ3v) is 3.89. The maximum absolute atomic E-state index is 10.7. The summed E-state index contributed by atoms with van der Waals surface area (Å²) < 4.78 is 0. The van der Waals surface area contributed by atoms with Gasteiger partial charge in [0.25, 0.3) is 0 Å². The van der Waals surface area contributed by atoms with Crippen LogP contribution in [0.2, 0.25) is 0 Å². The van der Waals surface area contributed by atoms with Crippen LogP contribution in [0.3, 0.4) is 0 Å². The van der Waals surface area contributed by atoms with Gasteiger partial charge in [0, 0.05) is 11.6 Å². The number of hydrogen-bond acceptors (Lipinski definition) is 2. The van der Waals surface area contributed by atoms with E-state index in [0.717, 1.165) is 24.0 Å². The Labute approximate surface area is 130 Å². The summed E-state index contributed by atoms with van der Waals surface area (Å²) in [6, 6.07) is 4.03. The van der Waals surface area contributed by atoms with E-state index < -0.39 is 0 Å². The van der Waals surface area contributed by atoms with Gasteiger partial charge >= 0.3 is 0 Å². The Morgan fingerprint density at radius 3 is 2.14 bits per heavy atom. The van der Waals surface area contributed by atoms with E-state index in [2.05, 4.69) is 60.3 Å². The number of hydrogen-bond donors (Lipinski definition) is 2. The lowest BCUT2D eigenvalue weighted by atomic mass is 9.78. The molecule has 0 unspecified atom stereocenters. The molecule has 118 valence electrons. The average Bonchev–Trinajstić information content (AvgIpc) is 2.33. The van der Waals surface area contributed by atoms with Crippen molar-refractivity contribution in [3.63, 3.8) is 0 Å². The zero-order valence-electron chi connectivity index (χ0n) is 14.5. The molecule has 1 aromatic carbocycles. The fourth-order valence-electron chi connectivity index (χ4n) is 2.40. The molecule has 0 heterocycles. The van der Waals surface area contributed by atoms with E-state index in [0.29, 0.717) is 5.75 Å². The first kappa shape index (κ1) is 17.8. The topological polar surface area (TPSA) is 46.2 Å². The van der Waals surface area contributed by atoms with Gasteiger partial charge in [-0.05, 0) is 40.9 Å². The van der Waals surface area contributed by atoms with Crippen LogP contribution in [0.5, 0.6) is 5.75 Å². The molecule has 0 saturated heterocycles. The largest absolute Gasteiger partial charge is 0.507 e. The normalized spacial score (nSPS) is 14.0. The van der Waals surface area contributed by atoms with Crippen LogP contribution in [0.1, 0.15) is 77.1 Å². The Bertz CT molecular complexity index is 504. The second-order valence-corrected chi connectivity index (χ2v) is 7.93. The molecule has 0 aliphatic carbocycles. The summed E-state index contributed by atoms with van der Waals surface area (Å²) in [6.07, 6.45) is 3.52. The van der Waals surface area contributed by atoms with Crippen LogP contribution >= 0.6 is 0 Å². The highest BCUT2D eigenvalue weighted by Crippen LogP contribution is 2.40. The Balaban J connectivity index is 3.45. The fourth-order valence-corrected chi connectivity index (χ4v) is 2.40. The molecule has 1 rings (SSSR count). The summed E-state index contributed by atoms with van der Waals surface area (Å²) in [7, 11) is 0. The Morgan fingerprint density at radius 1 is 1.14 bits per heavy atom. The molecule has 0 aliphatic rings. The second-order valence-electron chi connectivity index (χ2n) is 7.93. The number of aromatic hydroxyl groups is 1. The lowest BCUT2D eigenvalue weighted by Gasteiger charge is -2.29. The highest BCUT2D eigenvalue weighted by Gasteiger charge is 2.26. The smallest absolute Gasteiger partial charge is 0.124 e. The van der Waals surface area contributed by atoms with Crippen LogP contribution in [0, 0.1) is 0 Å². The van der Waals surface area contributed by atoms with Crippen molar-refractivity contribution in [1.29, 1.82) is 0 Å². The maximum Gasteiger partial charge on any atom is 0.124 e. The van der Waals surface area contributed by atoms with Gasteiger partial charge in [-0.2, -0.15) is 0 Å². The van der Waals surface area contributed by atoms with Gasteiger partial charge in [-0.3, -0.25) is 0 Å². The lowest BCUT2D eigenvalue weighted by molar-refractivity contribution is 0.430. The van der Waals surface area contributed by atoms with E-state index in [1.807, 2.05) is 6.08 Å². The van der Waals surface area contributed by atoms with Gasteiger partial charge in [0.1, 0.15) is 5.75 Å². The van der Waals surface area contributed by atoms with Crippen LogP contribution in [0.25, 0.3) is 0 Å². The fraction of sp³-hybridized carbons (Fsp3) is 0.579. The molecule has 1 aromatic rings. The van der Waals surface area contributed by atoms with E-state index in [1.54, 1.807) is 0 Å². The average molecular weight is 289 g/mol. The van der Waals surface area contributed by atoms with Gasteiger partial charge in [0.2, 0.25) is 0 Å². The Morgan fingerprint density at radius 2 is 1.71 bits per heavy atom. The van der Waals surface area contributed by atoms with E-state index in [4.69, 9.17) is 5.73 Å². The molecule has 3 N–H and O–H groups in total. The molecule has 0 spiro atoms. The SMILES string of the molecule is C=CCC[C@H](N)c1cc(C(C)(C)C)cc(C(C)(C)C)c1O. The van der Waals surface area contributed by atoms with Crippen LogP contribution in [0.4, 0.5) is 0 Å². The van der Waals surface area contributed by atoms with Gasteiger partial charge in [-0.25, -0.2) is 0 Å². The van der Waals surface area contributed by atoms with Crippen molar-refractivity contribution in [2.45, 2.75) is 71.3 Å². The van der Waals surface area contributed by atoms with Gasteiger partial charge in [0.05, 0.1) is 0 Å². The Hall–Kier alpha value is -1.28. The van der Waals surface area contributed by atoms with Gasteiger partial charge < -0.3 is 10.8 Å². The second kappa shape index (κ2) is 6.23. The van der Waals surface area contributed by atoms with Crippen molar-refractivity contribution in [1.82, 2.24) is 0 Å². The quantitative estimate of drug-likeness (QED) is 0.770. The first-order valence-corrected chi connectivity index (χ1v) is 7.73. The number of allylic oxidation sites excluding steroid dienone is 1. The summed E-state index contributed by atoms with van der Waals surface area (Å²) in [5, 5.41) is 10.7. The summed E-state index contributed by atoms with van der Waals surface area (Å²) >= 11 is 0. The minimum absolute atomic E-state index is 0.0284. The van der Waals surface area contributed by atoms with E-state index in [-0.39, 0.29) is 16.9 Å². The molecule has 0 amide bonds. The van der Waals surface area contributed by atoms with Crippen LogP contribution in [-0.4, -0.2) is 5.11 Å². The predicted octanol–water partition coefficient (Wildman–Crippen LogP) is 4.95. The van der Waals surface area contributed by atoms with Gasteiger partial charge in [0.15, 0.2) is 0 Å². The first-order valence-electron chi connectivity index (χ1n) is 7.73. The highest BCUT2D eigenvalue weighted by atomic mass is 16.3.